The first-order valence-corrected chi connectivity index (χ1v) is 9.85. The number of fused-ring (bicyclic) bond motifs is 1. The third-order valence-corrected chi connectivity index (χ3v) is 5.68. The van der Waals surface area contributed by atoms with Crippen LogP contribution in [-0.4, -0.2) is 31.3 Å². The van der Waals surface area contributed by atoms with Gasteiger partial charge in [0.15, 0.2) is 0 Å². The van der Waals surface area contributed by atoms with Gasteiger partial charge in [-0.15, -0.1) is 0 Å². The monoisotopic (exact) mass is 403 g/mol. The van der Waals surface area contributed by atoms with E-state index in [1.54, 1.807) is 16.8 Å². The predicted octanol–water partition coefficient (Wildman–Crippen LogP) is 3.33. The van der Waals surface area contributed by atoms with Gasteiger partial charge >= 0.3 is 0 Å². The Hall–Kier alpha value is -2.22. The van der Waals surface area contributed by atoms with Crippen LogP contribution in [0, 0.1) is 12.7 Å². The number of nitrogens with one attached hydrogen (secondary N) is 1. The molecule has 4 rings (SSSR count). The van der Waals surface area contributed by atoms with Crippen molar-refractivity contribution in [1.82, 2.24) is 24.9 Å². The lowest BCUT2D eigenvalue weighted by molar-refractivity contribution is 0.266. The fourth-order valence-electron chi connectivity index (χ4n) is 3.83. The van der Waals surface area contributed by atoms with Gasteiger partial charge < -0.3 is 10.4 Å². The Morgan fingerprint density at radius 3 is 2.86 bits per heavy atom. The Morgan fingerprint density at radius 1 is 1.32 bits per heavy atom. The van der Waals surface area contributed by atoms with Gasteiger partial charge in [0.05, 0.1) is 30.7 Å². The molecule has 1 aromatic carbocycles. The molecule has 2 aromatic heterocycles. The summed E-state index contributed by atoms with van der Waals surface area (Å²) in [6.07, 6.45) is 4.98. The van der Waals surface area contributed by atoms with E-state index in [4.69, 9.17) is 11.6 Å². The van der Waals surface area contributed by atoms with Crippen molar-refractivity contribution < 1.29 is 9.50 Å². The molecule has 6 nitrogen and oxygen atoms in total. The molecule has 0 amide bonds. The van der Waals surface area contributed by atoms with Gasteiger partial charge in [-0.1, -0.05) is 11.6 Å². The molecular weight excluding hydrogens is 381 g/mol. The minimum absolute atomic E-state index is 0.0869. The molecule has 2 N–H and O–H groups in total. The predicted molar refractivity (Wildman–Crippen MR) is 105 cm³/mol. The number of aliphatic hydroxyl groups is 1. The lowest BCUT2D eigenvalue weighted by Crippen LogP contribution is -2.25. The lowest BCUT2D eigenvalue weighted by Gasteiger charge is -2.24. The molecule has 1 atom stereocenters. The molecule has 1 aliphatic rings. The average molecular weight is 404 g/mol. The highest BCUT2D eigenvalue weighted by atomic mass is 35.5. The number of hydrogen-bond donors (Lipinski definition) is 2. The third kappa shape index (κ3) is 3.57. The maximum absolute atomic E-state index is 13.2. The van der Waals surface area contributed by atoms with Crippen LogP contribution in [0.1, 0.15) is 41.4 Å². The van der Waals surface area contributed by atoms with Gasteiger partial charge in [0, 0.05) is 29.4 Å². The summed E-state index contributed by atoms with van der Waals surface area (Å²) >= 11 is 6.59. The van der Waals surface area contributed by atoms with E-state index in [0.717, 1.165) is 36.2 Å². The van der Waals surface area contributed by atoms with E-state index >= 15 is 0 Å². The zero-order chi connectivity index (χ0) is 19.7. The first kappa shape index (κ1) is 19.1. The quantitative estimate of drug-likeness (QED) is 0.662. The van der Waals surface area contributed by atoms with Gasteiger partial charge in [0.2, 0.25) is 0 Å². The lowest BCUT2D eigenvalue weighted by atomic mass is 9.93. The Labute approximate surface area is 167 Å². The van der Waals surface area contributed by atoms with Crippen LogP contribution < -0.4 is 5.32 Å². The van der Waals surface area contributed by atoms with Gasteiger partial charge in [-0.3, -0.25) is 4.68 Å². The minimum Gasteiger partial charge on any atom is -0.394 e. The molecule has 0 bridgehead atoms. The summed E-state index contributed by atoms with van der Waals surface area (Å²) in [6, 6.07) is 6.31. The largest absolute Gasteiger partial charge is 0.394 e. The van der Waals surface area contributed by atoms with Crippen molar-refractivity contribution in [2.75, 3.05) is 6.61 Å². The standard InChI is InChI=1S/C20H23ClFN5O/c1-13-16(20(21)27(25-13)15-7-5-14(22)6-8-15)11-23-18-3-2-4-19-17(18)12-24-26(19)9-10-28/h5-8,12,18,23,28H,2-4,9-11H2,1H3. The van der Waals surface area contributed by atoms with Crippen LogP contribution in [0.2, 0.25) is 5.15 Å². The molecule has 0 saturated heterocycles. The van der Waals surface area contributed by atoms with Crippen molar-refractivity contribution in [1.29, 1.82) is 0 Å². The molecule has 1 unspecified atom stereocenters. The summed E-state index contributed by atoms with van der Waals surface area (Å²) in [6.45, 7) is 3.12. The number of halogens is 2. The van der Waals surface area contributed by atoms with Crippen LogP contribution in [-0.2, 0) is 19.5 Å². The highest BCUT2D eigenvalue weighted by Crippen LogP contribution is 2.31. The van der Waals surface area contributed by atoms with Crippen molar-refractivity contribution in [3.63, 3.8) is 0 Å². The molecular formula is C20H23ClFN5O. The number of rotatable bonds is 6. The molecule has 0 fully saturated rings. The first-order valence-electron chi connectivity index (χ1n) is 9.47. The zero-order valence-electron chi connectivity index (χ0n) is 15.7. The van der Waals surface area contributed by atoms with Crippen LogP contribution in [0.4, 0.5) is 4.39 Å². The van der Waals surface area contributed by atoms with Crippen molar-refractivity contribution in [2.45, 2.75) is 45.3 Å². The highest BCUT2D eigenvalue weighted by molar-refractivity contribution is 6.30. The molecule has 28 heavy (non-hydrogen) atoms. The number of benzene rings is 1. The summed E-state index contributed by atoms with van der Waals surface area (Å²) in [5.41, 5.74) is 4.89. The fraction of sp³-hybridized carbons (Fsp3) is 0.400. The topological polar surface area (TPSA) is 67.9 Å². The van der Waals surface area contributed by atoms with Gasteiger partial charge in [-0.2, -0.15) is 10.2 Å². The molecule has 8 heteroatoms. The number of hydrogen-bond acceptors (Lipinski definition) is 4. The summed E-state index contributed by atoms with van der Waals surface area (Å²) in [7, 11) is 0. The normalized spacial score (nSPS) is 16.4. The number of aryl methyl sites for hydroxylation is 1. The van der Waals surface area contributed by atoms with Crippen molar-refractivity contribution in [2.24, 2.45) is 0 Å². The number of aromatic nitrogens is 4. The maximum atomic E-state index is 13.2. The van der Waals surface area contributed by atoms with Crippen LogP contribution in [0.5, 0.6) is 0 Å². The summed E-state index contributed by atoms with van der Waals surface area (Å²) in [5, 5.41) is 22.3. The fourth-order valence-corrected chi connectivity index (χ4v) is 4.17. The molecule has 0 aliphatic heterocycles. The zero-order valence-corrected chi connectivity index (χ0v) is 16.5. The van der Waals surface area contributed by atoms with Crippen molar-refractivity contribution >= 4 is 11.6 Å². The average Bonchev–Trinajstić information content (AvgIpc) is 3.23. The maximum Gasteiger partial charge on any atom is 0.137 e. The molecule has 0 radical (unpaired) electrons. The van der Waals surface area contributed by atoms with E-state index < -0.39 is 0 Å². The Kier molecular flexibility index (Phi) is 5.48. The van der Waals surface area contributed by atoms with E-state index in [2.05, 4.69) is 15.5 Å². The molecule has 1 aliphatic carbocycles. The Bertz CT molecular complexity index is 966. The van der Waals surface area contributed by atoms with E-state index in [-0.39, 0.29) is 18.5 Å². The SMILES string of the molecule is Cc1nn(-c2ccc(F)cc2)c(Cl)c1CNC1CCCc2c1cnn2CCO. The smallest absolute Gasteiger partial charge is 0.137 e. The second-order valence-corrected chi connectivity index (χ2v) is 7.42. The molecule has 0 spiro atoms. The Balaban J connectivity index is 1.53. The summed E-state index contributed by atoms with van der Waals surface area (Å²) < 4.78 is 16.7. The molecule has 148 valence electrons. The molecule has 3 aromatic rings. The second-order valence-electron chi connectivity index (χ2n) is 7.06. The van der Waals surface area contributed by atoms with Crippen LogP contribution >= 0.6 is 11.6 Å². The van der Waals surface area contributed by atoms with E-state index in [0.29, 0.717) is 18.2 Å². The van der Waals surface area contributed by atoms with Crippen molar-refractivity contribution in [3.8, 4) is 5.69 Å². The molecule has 0 saturated carbocycles. The highest BCUT2D eigenvalue weighted by Gasteiger charge is 2.25. The number of nitrogens with zero attached hydrogens (tertiary/aromatic N) is 4. The van der Waals surface area contributed by atoms with E-state index in [9.17, 15) is 9.50 Å². The minimum atomic E-state index is -0.291. The number of aliphatic hydroxyl groups excluding tert-OH is 1. The van der Waals surface area contributed by atoms with E-state index in [1.807, 2.05) is 17.8 Å². The summed E-state index contributed by atoms with van der Waals surface area (Å²) in [4.78, 5) is 0. The summed E-state index contributed by atoms with van der Waals surface area (Å²) in [5.74, 6) is -0.291. The van der Waals surface area contributed by atoms with Gasteiger partial charge in [-0.05, 0) is 50.5 Å². The molecule has 2 heterocycles. The first-order chi connectivity index (χ1) is 13.6. The second kappa shape index (κ2) is 8.03. The Morgan fingerprint density at radius 2 is 2.11 bits per heavy atom. The van der Waals surface area contributed by atoms with Gasteiger partial charge in [0.25, 0.3) is 0 Å². The van der Waals surface area contributed by atoms with Crippen LogP contribution in [0.3, 0.4) is 0 Å². The van der Waals surface area contributed by atoms with E-state index in [1.165, 1.54) is 23.4 Å². The van der Waals surface area contributed by atoms with Crippen molar-refractivity contribution in [3.05, 3.63) is 63.9 Å². The van der Waals surface area contributed by atoms with Crippen LogP contribution in [0.15, 0.2) is 30.5 Å². The van der Waals surface area contributed by atoms with Gasteiger partial charge in [-0.25, -0.2) is 9.07 Å². The van der Waals surface area contributed by atoms with Crippen LogP contribution in [0.25, 0.3) is 5.69 Å². The third-order valence-electron chi connectivity index (χ3n) is 5.29. The van der Waals surface area contributed by atoms with Gasteiger partial charge in [0.1, 0.15) is 11.0 Å².